The molecule has 0 radical (unpaired) electrons. The minimum absolute atomic E-state index is 0.834. The molecule has 0 bridgehead atoms. The number of fused-ring (bicyclic) bond motifs is 4. The van der Waals surface area contributed by atoms with Crippen molar-refractivity contribution < 1.29 is 0 Å². The Balaban J connectivity index is 1.40. The average molecular weight is 628 g/mol. The minimum atomic E-state index is 0.834. The van der Waals surface area contributed by atoms with Gasteiger partial charge in [-0.3, -0.25) is 4.90 Å². The summed E-state index contributed by atoms with van der Waals surface area (Å²) in [5.74, 6) is 1.67. The van der Waals surface area contributed by atoms with Crippen LogP contribution >= 0.6 is 0 Å². The Morgan fingerprint density at radius 1 is 0.367 bits per heavy atom. The van der Waals surface area contributed by atoms with E-state index in [2.05, 4.69) is 157 Å². The Morgan fingerprint density at radius 3 is 1.37 bits per heavy atom. The highest BCUT2D eigenvalue weighted by Crippen LogP contribution is 2.46. The molecule has 7 aromatic carbocycles. The van der Waals surface area contributed by atoms with Gasteiger partial charge in [0.2, 0.25) is 0 Å². The SMILES string of the molecule is Cc1cccc(N(c2ccc3c(-c4ccc5ccccc5c4)c4ccccc4c(-c4ccc5ccccc5c4)c3c2)c2cccc(C)n2)n1. The van der Waals surface area contributed by atoms with Crippen molar-refractivity contribution in [3.05, 3.63) is 175 Å². The molecule has 0 aliphatic heterocycles. The fourth-order valence-electron chi connectivity index (χ4n) is 7.31. The molecule has 0 amide bonds. The molecular weight excluding hydrogens is 595 g/mol. The number of aryl methyl sites for hydroxylation is 2. The summed E-state index contributed by atoms with van der Waals surface area (Å²) in [6.07, 6.45) is 0. The molecule has 3 heteroatoms. The maximum atomic E-state index is 4.98. The molecule has 2 heterocycles. The van der Waals surface area contributed by atoms with E-state index in [1.165, 1.54) is 65.3 Å². The summed E-state index contributed by atoms with van der Waals surface area (Å²) < 4.78 is 0. The second-order valence-electron chi connectivity index (χ2n) is 12.8. The number of hydrogen-bond donors (Lipinski definition) is 0. The van der Waals surface area contributed by atoms with E-state index in [9.17, 15) is 0 Å². The van der Waals surface area contributed by atoms with Gasteiger partial charge >= 0.3 is 0 Å². The van der Waals surface area contributed by atoms with Crippen LogP contribution in [0.5, 0.6) is 0 Å². The second kappa shape index (κ2) is 11.7. The van der Waals surface area contributed by atoms with Crippen LogP contribution in [-0.4, -0.2) is 9.97 Å². The van der Waals surface area contributed by atoms with Crippen LogP contribution in [0.3, 0.4) is 0 Å². The molecule has 49 heavy (non-hydrogen) atoms. The molecule has 9 rings (SSSR count). The predicted molar refractivity (Wildman–Crippen MR) is 207 cm³/mol. The van der Waals surface area contributed by atoms with Crippen molar-refractivity contribution in [3.63, 3.8) is 0 Å². The van der Waals surface area contributed by atoms with Crippen molar-refractivity contribution in [2.24, 2.45) is 0 Å². The molecule has 0 aliphatic rings. The Labute approximate surface area is 285 Å². The van der Waals surface area contributed by atoms with Crippen molar-refractivity contribution in [2.75, 3.05) is 4.90 Å². The van der Waals surface area contributed by atoms with Gasteiger partial charge in [0.25, 0.3) is 0 Å². The Morgan fingerprint density at radius 2 is 0.837 bits per heavy atom. The van der Waals surface area contributed by atoms with Gasteiger partial charge in [0, 0.05) is 17.1 Å². The lowest BCUT2D eigenvalue weighted by molar-refractivity contribution is 1.08. The average Bonchev–Trinajstić information content (AvgIpc) is 3.13. The zero-order valence-electron chi connectivity index (χ0n) is 27.4. The Hall–Kier alpha value is -6.32. The van der Waals surface area contributed by atoms with E-state index in [1.807, 2.05) is 26.0 Å². The number of pyridine rings is 2. The lowest BCUT2D eigenvalue weighted by Gasteiger charge is -2.25. The summed E-state index contributed by atoms with van der Waals surface area (Å²) in [6.45, 7) is 4.07. The van der Waals surface area contributed by atoms with E-state index in [-0.39, 0.29) is 0 Å². The maximum absolute atomic E-state index is 4.98. The normalized spacial score (nSPS) is 11.5. The molecule has 0 fully saturated rings. The summed E-state index contributed by atoms with van der Waals surface area (Å²) in [4.78, 5) is 12.1. The quantitative estimate of drug-likeness (QED) is 0.178. The molecule has 0 saturated heterocycles. The van der Waals surface area contributed by atoms with E-state index in [0.717, 1.165) is 28.7 Å². The Kier molecular flexibility index (Phi) is 6.91. The van der Waals surface area contributed by atoms with E-state index in [0.29, 0.717) is 0 Å². The van der Waals surface area contributed by atoms with Crippen LogP contribution in [0.25, 0.3) is 65.3 Å². The van der Waals surface area contributed by atoms with Gasteiger partial charge in [-0.15, -0.1) is 0 Å². The maximum Gasteiger partial charge on any atom is 0.138 e. The molecular formula is C46H33N3. The van der Waals surface area contributed by atoms with Crippen LogP contribution in [-0.2, 0) is 0 Å². The molecule has 0 aliphatic carbocycles. The second-order valence-corrected chi connectivity index (χ2v) is 12.8. The third-order valence-corrected chi connectivity index (χ3v) is 9.55. The Bertz CT molecular complexity index is 2660. The van der Waals surface area contributed by atoms with Crippen molar-refractivity contribution in [3.8, 4) is 22.3 Å². The van der Waals surface area contributed by atoms with Gasteiger partial charge < -0.3 is 0 Å². The van der Waals surface area contributed by atoms with Crippen LogP contribution in [0.1, 0.15) is 11.4 Å². The first-order chi connectivity index (χ1) is 24.1. The van der Waals surface area contributed by atoms with Crippen LogP contribution in [0.15, 0.2) is 164 Å². The van der Waals surface area contributed by atoms with E-state index in [4.69, 9.17) is 9.97 Å². The van der Waals surface area contributed by atoms with Gasteiger partial charge in [-0.05, 0) is 128 Å². The number of benzene rings is 7. The molecule has 232 valence electrons. The zero-order valence-corrected chi connectivity index (χ0v) is 27.4. The molecule has 0 atom stereocenters. The molecule has 3 nitrogen and oxygen atoms in total. The van der Waals surface area contributed by atoms with Gasteiger partial charge in [-0.25, -0.2) is 9.97 Å². The third-order valence-electron chi connectivity index (χ3n) is 9.55. The summed E-state index contributed by atoms with van der Waals surface area (Å²) in [5, 5.41) is 9.77. The lowest BCUT2D eigenvalue weighted by Crippen LogP contribution is -2.13. The first-order valence-electron chi connectivity index (χ1n) is 16.7. The summed E-state index contributed by atoms with van der Waals surface area (Å²) in [5.41, 5.74) is 7.77. The smallest absolute Gasteiger partial charge is 0.138 e. The molecule has 9 aromatic rings. The molecule has 2 aromatic heterocycles. The summed E-state index contributed by atoms with van der Waals surface area (Å²) >= 11 is 0. The van der Waals surface area contributed by atoms with Gasteiger partial charge in [0.1, 0.15) is 11.6 Å². The first-order valence-corrected chi connectivity index (χ1v) is 16.7. The predicted octanol–water partition coefficient (Wildman–Crippen LogP) is 12.5. The van der Waals surface area contributed by atoms with Gasteiger partial charge in [-0.1, -0.05) is 115 Å². The highest BCUT2D eigenvalue weighted by Gasteiger charge is 2.21. The largest absolute Gasteiger partial charge is 0.279 e. The van der Waals surface area contributed by atoms with Crippen molar-refractivity contribution in [2.45, 2.75) is 13.8 Å². The van der Waals surface area contributed by atoms with Crippen molar-refractivity contribution in [1.29, 1.82) is 0 Å². The van der Waals surface area contributed by atoms with Gasteiger partial charge in [-0.2, -0.15) is 0 Å². The number of anilines is 3. The summed E-state index contributed by atoms with van der Waals surface area (Å²) in [6, 6.07) is 58.9. The van der Waals surface area contributed by atoms with Crippen molar-refractivity contribution in [1.82, 2.24) is 9.97 Å². The fourth-order valence-corrected chi connectivity index (χ4v) is 7.31. The van der Waals surface area contributed by atoms with Gasteiger partial charge in [0.15, 0.2) is 0 Å². The molecule has 0 spiro atoms. The molecule has 0 unspecified atom stereocenters. The first kappa shape index (κ1) is 28.9. The number of hydrogen-bond acceptors (Lipinski definition) is 3. The van der Waals surface area contributed by atoms with Crippen molar-refractivity contribution >= 4 is 60.4 Å². The number of rotatable bonds is 5. The molecule has 0 N–H and O–H groups in total. The standard InChI is InChI=1S/C46H33N3/c1-30-11-9-19-43(47-30)49(44-20-10-12-31(2)48-44)38-25-26-41-42(29-38)46(37-24-22-33-14-4-6-16-35(33)28-37)40-18-8-7-17-39(40)45(41)36-23-21-32-13-3-5-15-34(32)27-36/h3-29H,1-2H3. The topological polar surface area (TPSA) is 29.0 Å². The fraction of sp³-hybridized carbons (Fsp3) is 0.0435. The molecule has 0 saturated carbocycles. The van der Waals surface area contributed by atoms with E-state index >= 15 is 0 Å². The minimum Gasteiger partial charge on any atom is -0.279 e. The summed E-state index contributed by atoms with van der Waals surface area (Å²) in [7, 11) is 0. The van der Waals surface area contributed by atoms with Crippen LogP contribution < -0.4 is 4.90 Å². The highest BCUT2D eigenvalue weighted by molar-refractivity contribution is 6.22. The lowest BCUT2D eigenvalue weighted by atomic mass is 9.85. The van der Waals surface area contributed by atoms with Crippen LogP contribution in [0.2, 0.25) is 0 Å². The zero-order chi connectivity index (χ0) is 32.9. The number of nitrogens with zero attached hydrogens (tertiary/aromatic N) is 3. The highest BCUT2D eigenvalue weighted by atomic mass is 15.2. The number of aromatic nitrogens is 2. The van der Waals surface area contributed by atoms with E-state index < -0.39 is 0 Å². The monoisotopic (exact) mass is 627 g/mol. The van der Waals surface area contributed by atoms with E-state index in [1.54, 1.807) is 0 Å². The third kappa shape index (κ3) is 5.08. The van der Waals surface area contributed by atoms with Gasteiger partial charge in [0.05, 0.1) is 0 Å². The van der Waals surface area contributed by atoms with Crippen LogP contribution in [0.4, 0.5) is 17.3 Å². The van der Waals surface area contributed by atoms with Crippen LogP contribution in [0, 0.1) is 13.8 Å².